The first kappa shape index (κ1) is 22.7. The van der Waals surface area contributed by atoms with Crippen molar-refractivity contribution in [3.8, 4) is 0 Å². The maximum Gasteiger partial charge on any atom is 0.411 e. The molecule has 0 amide bonds. The third kappa shape index (κ3) is 5.48. The van der Waals surface area contributed by atoms with Crippen molar-refractivity contribution in [2.24, 2.45) is 5.92 Å². The lowest BCUT2D eigenvalue weighted by Crippen LogP contribution is -2.24. The number of halogens is 3. The largest absolute Gasteiger partial charge is 0.481 e. The maximum absolute atomic E-state index is 12.4. The molecule has 0 unspecified atom stereocenters. The first-order valence-corrected chi connectivity index (χ1v) is 10.2. The lowest BCUT2D eigenvalue weighted by molar-refractivity contribution is -0.174. The van der Waals surface area contributed by atoms with Crippen LogP contribution in [0.4, 0.5) is 30.8 Å². The highest BCUT2D eigenvalue weighted by atomic mass is 19.4. The molecule has 0 radical (unpaired) electrons. The number of ether oxygens (including phenoxy) is 1. The molecule has 13 heteroatoms. The number of carboxylic acids is 1. The molecule has 0 saturated carbocycles. The predicted octanol–water partition coefficient (Wildman–Crippen LogP) is 2.76. The van der Waals surface area contributed by atoms with E-state index in [1.54, 1.807) is 17.2 Å². The Morgan fingerprint density at radius 3 is 2.79 bits per heavy atom. The van der Waals surface area contributed by atoms with E-state index in [0.717, 1.165) is 5.56 Å². The molecule has 10 nitrogen and oxygen atoms in total. The molecule has 1 atom stereocenters. The van der Waals surface area contributed by atoms with Gasteiger partial charge < -0.3 is 20.1 Å². The second-order valence-electron chi connectivity index (χ2n) is 7.76. The van der Waals surface area contributed by atoms with Gasteiger partial charge in [0.05, 0.1) is 25.3 Å². The standard InChI is InChI=1S/C20H22F3N7O3/c1-12-2-3-15(24-8-12)27-17-16-14(9-25-30(16)6-7-33-11-20(21,22)23)26-19(28-17)29-5-4-13(10-29)18(31)32/h2-3,8-9,13H,4-7,10-11H2,1H3,(H,31,32)(H,24,26,27,28)/t13-/m1/s1. The van der Waals surface area contributed by atoms with Gasteiger partial charge in [0.15, 0.2) is 5.82 Å². The van der Waals surface area contributed by atoms with E-state index in [0.29, 0.717) is 41.6 Å². The number of nitrogens with one attached hydrogen (secondary N) is 1. The van der Waals surface area contributed by atoms with Crippen LogP contribution in [-0.4, -0.2) is 68.3 Å². The topological polar surface area (TPSA) is 118 Å². The second-order valence-corrected chi connectivity index (χ2v) is 7.76. The summed E-state index contributed by atoms with van der Waals surface area (Å²) in [5.41, 5.74) is 1.91. The van der Waals surface area contributed by atoms with E-state index >= 15 is 0 Å². The molecular weight excluding hydrogens is 443 g/mol. The van der Waals surface area contributed by atoms with Crippen LogP contribution >= 0.6 is 0 Å². The molecule has 3 aromatic rings. The van der Waals surface area contributed by atoms with Gasteiger partial charge >= 0.3 is 12.1 Å². The summed E-state index contributed by atoms with van der Waals surface area (Å²) in [6.45, 7) is 1.19. The van der Waals surface area contributed by atoms with Crippen molar-refractivity contribution in [3.63, 3.8) is 0 Å². The van der Waals surface area contributed by atoms with Gasteiger partial charge in [0.2, 0.25) is 5.95 Å². The van der Waals surface area contributed by atoms with Crippen molar-refractivity contribution in [1.29, 1.82) is 0 Å². The molecule has 0 bridgehead atoms. The first-order valence-electron chi connectivity index (χ1n) is 10.2. The number of hydrogen-bond donors (Lipinski definition) is 2. The molecule has 1 aliphatic heterocycles. The number of aryl methyl sites for hydroxylation is 1. The van der Waals surface area contributed by atoms with Crippen molar-refractivity contribution in [2.75, 3.05) is 36.5 Å². The molecular formula is C20H22F3N7O3. The normalized spacial score (nSPS) is 16.5. The fourth-order valence-corrected chi connectivity index (χ4v) is 3.53. The number of hydrogen-bond acceptors (Lipinski definition) is 8. The number of carboxylic acid groups (broad SMARTS) is 1. The number of pyridine rings is 1. The summed E-state index contributed by atoms with van der Waals surface area (Å²) in [4.78, 5) is 26.5. The Morgan fingerprint density at radius 2 is 2.12 bits per heavy atom. The Bertz CT molecular complexity index is 1130. The summed E-state index contributed by atoms with van der Waals surface area (Å²) in [7, 11) is 0. The van der Waals surface area contributed by atoms with Crippen LogP contribution in [0.5, 0.6) is 0 Å². The van der Waals surface area contributed by atoms with Crippen LogP contribution in [0.15, 0.2) is 24.5 Å². The summed E-state index contributed by atoms with van der Waals surface area (Å²) in [6, 6.07) is 3.64. The number of nitrogens with zero attached hydrogens (tertiary/aromatic N) is 6. The maximum atomic E-state index is 12.4. The third-order valence-corrected chi connectivity index (χ3v) is 5.17. The van der Waals surface area contributed by atoms with E-state index in [1.807, 2.05) is 13.0 Å². The van der Waals surface area contributed by atoms with Crippen molar-refractivity contribution in [2.45, 2.75) is 26.1 Å². The third-order valence-electron chi connectivity index (χ3n) is 5.17. The van der Waals surface area contributed by atoms with Crippen LogP contribution in [0.2, 0.25) is 0 Å². The second kappa shape index (κ2) is 9.17. The van der Waals surface area contributed by atoms with Crippen molar-refractivity contribution >= 4 is 34.6 Å². The van der Waals surface area contributed by atoms with Crippen LogP contribution < -0.4 is 10.2 Å². The monoisotopic (exact) mass is 465 g/mol. The number of fused-ring (bicyclic) bond motifs is 1. The zero-order chi connectivity index (χ0) is 23.6. The van der Waals surface area contributed by atoms with Gasteiger partial charge in [0.25, 0.3) is 0 Å². The van der Waals surface area contributed by atoms with E-state index in [1.165, 1.54) is 10.9 Å². The Morgan fingerprint density at radius 1 is 1.30 bits per heavy atom. The smallest absolute Gasteiger partial charge is 0.411 e. The van der Waals surface area contributed by atoms with Crippen LogP contribution in [-0.2, 0) is 16.1 Å². The predicted molar refractivity (Wildman–Crippen MR) is 112 cm³/mol. The zero-order valence-electron chi connectivity index (χ0n) is 17.7. The summed E-state index contributed by atoms with van der Waals surface area (Å²) < 4.78 is 43.2. The van der Waals surface area contributed by atoms with Crippen LogP contribution in [0.25, 0.3) is 11.0 Å². The molecule has 1 saturated heterocycles. The lowest BCUT2D eigenvalue weighted by atomic mass is 10.1. The fraction of sp³-hybridized carbons (Fsp3) is 0.450. The molecule has 2 N–H and O–H groups in total. The van der Waals surface area contributed by atoms with E-state index in [9.17, 15) is 23.1 Å². The van der Waals surface area contributed by atoms with Gasteiger partial charge in [-0.3, -0.25) is 9.48 Å². The van der Waals surface area contributed by atoms with Crippen molar-refractivity contribution in [1.82, 2.24) is 24.7 Å². The van der Waals surface area contributed by atoms with Gasteiger partial charge in [-0.1, -0.05) is 6.07 Å². The SMILES string of the molecule is Cc1ccc(Nc2nc(N3CC[C@@H](C(=O)O)C3)nc3cnn(CCOCC(F)(F)F)c23)nc1. The van der Waals surface area contributed by atoms with Gasteiger partial charge in [-0.05, 0) is 25.0 Å². The number of anilines is 3. The summed E-state index contributed by atoms with van der Waals surface area (Å²) >= 11 is 0. The van der Waals surface area contributed by atoms with E-state index in [2.05, 4.69) is 25.4 Å². The van der Waals surface area contributed by atoms with E-state index < -0.39 is 24.7 Å². The van der Waals surface area contributed by atoms with Gasteiger partial charge in [-0.15, -0.1) is 0 Å². The van der Waals surface area contributed by atoms with Crippen LogP contribution in [0.3, 0.4) is 0 Å². The summed E-state index contributed by atoms with van der Waals surface area (Å²) in [5, 5.41) is 16.7. The van der Waals surface area contributed by atoms with E-state index in [-0.39, 0.29) is 19.7 Å². The molecule has 4 rings (SSSR count). The Balaban J connectivity index is 1.63. The highest BCUT2D eigenvalue weighted by Crippen LogP contribution is 2.28. The number of rotatable bonds is 8. The summed E-state index contributed by atoms with van der Waals surface area (Å²) in [5.74, 6) is -0.162. The minimum Gasteiger partial charge on any atom is -0.481 e. The molecule has 0 spiro atoms. The number of alkyl halides is 3. The van der Waals surface area contributed by atoms with Gasteiger partial charge in [0.1, 0.15) is 23.5 Å². The average Bonchev–Trinajstić information content (AvgIpc) is 3.40. The Hall–Kier alpha value is -3.48. The average molecular weight is 465 g/mol. The minimum absolute atomic E-state index is 0.0586. The molecule has 1 fully saturated rings. The zero-order valence-corrected chi connectivity index (χ0v) is 17.7. The van der Waals surface area contributed by atoms with Crippen LogP contribution in [0.1, 0.15) is 12.0 Å². The van der Waals surface area contributed by atoms with Gasteiger partial charge in [-0.25, -0.2) is 9.97 Å². The van der Waals surface area contributed by atoms with Gasteiger partial charge in [-0.2, -0.15) is 23.3 Å². The van der Waals surface area contributed by atoms with Gasteiger partial charge in [0, 0.05) is 19.3 Å². The van der Waals surface area contributed by atoms with Crippen molar-refractivity contribution < 1.29 is 27.8 Å². The quantitative estimate of drug-likeness (QED) is 0.484. The lowest BCUT2D eigenvalue weighted by Gasteiger charge is -2.18. The molecule has 176 valence electrons. The molecule has 1 aliphatic rings. The minimum atomic E-state index is -4.41. The highest BCUT2D eigenvalue weighted by molar-refractivity contribution is 5.88. The molecule has 3 aromatic heterocycles. The fourth-order valence-electron chi connectivity index (χ4n) is 3.53. The molecule has 33 heavy (non-hydrogen) atoms. The molecule has 0 aromatic carbocycles. The highest BCUT2D eigenvalue weighted by Gasteiger charge is 2.30. The Labute approximate surface area is 186 Å². The number of aliphatic carboxylic acids is 1. The Kier molecular flexibility index (Phi) is 6.31. The summed E-state index contributed by atoms with van der Waals surface area (Å²) in [6.07, 6.45) is -0.753. The van der Waals surface area contributed by atoms with Crippen LogP contribution in [0, 0.1) is 12.8 Å². The number of aromatic nitrogens is 5. The molecule has 0 aliphatic carbocycles. The van der Waals surface area contributed by atoms with Crippen molar-refractivity contribution in [3.05, 3.63) is 30.1 Å². The number of carbonyl (C=O) groups is 1. The first-order chi connectivity index (χ1) is 15.7. The van der Waals surface area contributed by atoms with E-state index in [4.69, 9.17) is 4.74 Å². The molecule has 4 heterocycles.